The summed E-state index contributed by atoms with van der Waals surface area (Å²) in [6, 6.07) is 11.2. The van der Waals surface area contributed by atoms with Crippen molar-refractivity contribution in [2.24, 2.45) is 0 Å². The van der Waals surface area contributed by atoms with Gasteiger partial charge in [0.15, 0.2) is 0 Å². The number of ether oxygens (including phenoxy) is 1. The predicted molar refractivity (Wildman–Crippen MR) is 88.2 cm³/mol. The molecule has 5 nitrogen and oxygen atoms in total. The third-order valence-electron chi connectivity index (χ3n) is 3.74. The van der Waals surface area contributed by atoms with Crippen molar-refractivity contribution in [1.29, 1.82) is 0 Å². The topological polar surface area (TPSA) is 67.6 Å². The first-order valence-electron chi connectivity index (χ1n) is 7.43. The van der Waals surface area contributed by atoms with E-state index in [0.29, 0.717) is 24.6 Å². The van der Waals surface area contributed by atoms with Crippen LogP contribution in [0.25, 0.3) is 0 Å². The molecular weight excluding hydrogens is 297 g/mol. The number of nitrogens with zero attached hydrogens (tertiary/aromatic N) is 1. The number of benzene rings is 2. The van der Waals surface area contributed by atoms with Crippen LogP contribution in [0.4, 0.5) is 21.5 Å². The minimum atomic E-state index is -0.554. The number of hydrogen-bond acceptors (Lipinski definition) is 4. The van der Waals surface area contributed by atoms with Crippen LogP contribution in [0.3, 0.4) is 0 Å². The smallest absolute Gasteiger partial charge is 0.258 e. The van der Waals surface area contributed by atoms with Crippen LogP contribution in [0.1, 0.15) is 10.4 Å². The van der Waals surface area contributed by atoms with Crippen molar-refractivity contribution in [3.05, 3.63) is 53.8 Å². The summed E-state index contributed by atoms with van der Waals surface area (Å²) in [6.45, 7) is 2.72. The summed E-state index contributed by atoms with van der Waals surface area (Å²) < 4.78 is 19.1. The highest BCUT2D eigenvalue weighted by Gasteiger charge is 2.18. The van der Waals surface area contributed by atoms with Gasteiger partial charge in [-0.15, -0.1) is 0 Å². The zero-order chi connectivity index (χ0) is 16.2. The van der Waals surface area contributed by atoms with Gasteiger partial charge in [0, 0.05) is 18.8 Å². The first-order chi connectivity index (χ1) is 11.1. The van der Waals surface area contributed by atoms with Gasteiger partial charge in [0.2, 0.25) is 0 Å². The molecule has 0 unspecified atom stereocenters. The summed E-state index contributed by atoms with van der Waals surface area (Å²) in [4.78, 5) is 14.5. The SMILES string of the molecule is Nc1ccc(N2CCOCC2)c(NC(=O)c2ccccc2F)c1. The van der Waals surface area contributed by atoms with Crippen molar-refractivity contribution in [3.63, 3.8) is 0 Å². The van der Waals surface area contributed by atoms with Crippen molar-refractivity contribution < 1.29 is 13.9 Å². The molecule has 1 heterocycles. The Balaban J connectivity index is 1.88. The second-order valence-electron chi connectivity index (χ2n) is 5.31. The number of halogens is 1. The van der Waals surface area contributed by atoms with E-state index in [0.717, 1.165) is 18.8 Å². The molecule has 3 rings (SSSR count). The molecule has 1 fully saturated rings. The molecule has 2 aromatic rings. The fourth-order valence-corrected chi connectivity index (χ4v) is 2.57. The van der Waals surface area contributed by atoms with E-state index in [2.05, 4.69) is 10.2 Å². The number of carbonyl (C=O) groups excluding carboxylic acids is 1. The highest BCUT2D eigenvalue weighted by molar-refractivity contribution is 6.06. The second kappa shape index (κ2) is 6.66. The van der Waals surface area contributed by atoms with E-state index in [9.17, 15) is 9.18 Å². The van der Waals surface area contributed by atoms with Gasteiger partial charge in [-0.1, -0.05) is 12.1 Å². The van der Waals surface area contributed by atoms with E-state index in [1.165, 1.54) is 12.1 Å². The Morgan fingerprint density at radius 2 is 1.91 bits per heavy atom. The zero-order valence-electron chi connectivity index (χ0n) is 12.6. The van der Waals surface area contributed by atoms with Gasteiger partial charge in [-0.25, -0.2) is 4.39 Å². The number of nitrogen functional groups attached to an aromatic ring is 1. The van der Waals surface area contributed by atoms with E-state index in [4.69, 9.17) is 10.5 Å². The van der Waals surface area contributed by atoms with E-state index < -0.39 is 11.7 Å². The quantitative estimate of drug-likeness (QED) is 0.854. The fourth-order valence-electron chi connectivity index (χ4n) is 2.57. The van der Waals surface area contributed by atoms with Gasteiger partial charge < -0.3 is 20.7 Å². The zero-order valence-corrected chi connectivity index (χ0v) is 12.6. The average molecular weight is 315 g/mol. The van der Waals surface area contributed by atoms with Crippen LogP contribution < -0.4 is 16.0 Å². The van der Waals surface area contributed by atoms with Gasteiger partial charge in [-0.05, 0) is 30.3 Å². The van der Waals surface area contributed by atoms with Gasteiger partial charge >= 0.3 is 0 Å². The first kappa shape index (κ1) is 15.3. The van der Waals surface area contributed by atoms with E-state index >= 15 is 0 Å². The Labute approximate surface area is 133 Å². The largest absolute Gasteiger partial charge is 0.399 e. The minimum absolute atomic E-state index is 0.00264. The van der Waals surface area contributed by atoms with Crippen LogP contribution in [-0.4, -0.2) is 32.2 Å². The van der Waals surface area contributed by atoms with Crippen LogP contribution in [0.5, 0.6) is 0 Å². The molecule has 0 atom stereocenters. The van der Waals surface area contributed by atoms with Gasteiger partial charge in [0.25, 0.3) is 5.91 Å². The number of nitrogens with two attached hydrogens (primary N) is 1. The minimum Gasteiger partial charge on any atom is -0.399 e. The highest BCUT2D eigenvalue weighted by Crippen LogP contribution is 2.29. The lowest BCUT2D eigenvalue weighted by Crippen LogP contribution is -2.36. The first-order valence-corrected chi connectivity index (χ1v) is 7.43. The number of rotatable bonds is 3. The maximum Gasteiger partial charge on any atom is 0.258 e. The fraction of sp³-hybridized carbons (Fsp3) is 0.235. The molecular formula is C17H18FN3O2. The van der Waals surface area contributed by atoms with Crippen LogP contribution in [0.2, 0.25) is 0 Å². The Hall–Kier alpha value is -2.60. The maximum atomic E-state index is 13.8. The Kier molecular flexibility index (Phi) is 4.43. The molecule has 0 radical (unpaired) electrons. The molecule has 1 saturated heterocycles. The number of amides is 1. The van der Waals surface area contributed by atoms with Gasteiger partial charge in [0.1, 0.15) is 5.82 Å². The van der Waals surface area contributed by atoms with Crippen molar-refractivity contribution in [2.45, 2.75) is 0 Å². The third kappa shape index (κ3) is 3.43. The maximum absolute atomic E-state index is 13.8. The van der Waals surface area contributed by atoms with E-state index in [-0.39, 0.29) is 5.56 Å². The summed E-state index contributed by atoms with van der Waals surface area (Å²) >= 11 is 0. The number of anilines is 3. The molecule has 0 aromatic heterocycles. The predicted octanol–water partition coefficient (Wildman–Crippen LogP) is 2.50. The molecule has 0 saturated carbocycles. The number of hydrogen-bond donors (Lipinski definition) is 2. The summed E-state index contributed by atoms with van der Waals surface area (Å²) in [5.74, 6) is -1.05. The van der Waals surface area contributed by atoms with Gasteiger partial charge in [-0.2, -0.15) is 0 Å². The van der Waals surface area contributed by atoms with E-state index in [1.807, 2.05) is 6.07 Å². The molecule has 23 heavy (non-hydrogen) atoms. The van der Waals surface area contributed by atoms with Crippen LogP contribution >= 0.6 is 0 Å². The van der Waals surface area contributed by atoms with Crippen LogP contribution in [-0.2, 0) is 4.74 Å². The normalized spacial score (nSPS) is 14.6. The number of carbonyl (C=O) groups is 1. The Morgan fingerprint density at radius 3 is 2.65 bits per heavy atom. The van der Waals surface area contributed by atoms with Crippen molar-refractivity contribution in [3.8, 4) is 0 Å². The van der Waals surface area contributed by atoms with Gasteiger partial charge in [0.05, 0.1) is 30.2 Å². The Bertz CT molecular complexity index is 715. The molecule has 2 aromatic carbocycles. The summed E-state index contributed by atoms with van der Waals surface area (Å²) in [7, 11) is 0. The molecule has 1 aliphatic heterocycles. The monoisotopic (exact) mass is 315 g/mol. The molecule has 6 heteroatoms. The highest BCUT2D eigenvalue weighted by atomic mass is 19.1. The standard InChI is InChI=1S/C17H18FN3O2/c18-14-4-2-1-3-13(14)17(22)20-15-11-12(19)5-6-16(15)21-7-9-23-10-8-21/h1-6,11H,7-10,19H2,(H,20,22). The molecule has 0 bridgehead atoms. The third-order valence-corrected chi connectivity index (χ3v) is 3.74. The van der Waals surface area contributed by atoms with Crippen molar-refractivity contribution >= 4 is 23.0 Å². The molecule has 0 spiro atoms. The summed E-state index contributed by atoms with van der Waals surface area (Å²) in [6.07, 6.45) is 0. The molecule has 1 amide bonds. The van der Waals surface area contributed by atoms with Crippen molar-refractivity contribution in [1.82, 2.24) is 0 Å². The molecule has 0 aliphatic carbocycles. The Morgan fingerprint density at radius 1 is 1.17 bits per heavy atom. The van der Waals surface area contributed by atoms with Crippen LogP contribution in [0.15, 0.2) is 42.5 Å². The second-order valence-corrected chi connectivity index (χ2v) is 5.31. The number of morpholine rings is 1. The lowest BCUT2D eigenvalue weighted by molar-refractivity contribution is 0.102. The number of nitrogens with one attached hydrogen (secondary N) is 1. The lowest BCUT2D eigenvalue weighted by atomic mass is 10.1. The average Bonchev–Trinajstić information content (AvgIpc) is 2.56. The van der Waals surface area contributed by atoms with Crippen LogP contribution in [0, 0.1) is 5.82 Å². The van der Waals surface area contributed by atoms with Crippen molar-refractivity contribution in [2.75, 3.05) is 42.3 Å². The van der Waals surface area contributed by atoms with Gasteiger partial charge in [-0.3, -0.25) is 4.79 Å². The molecule has 120 valence electrons. The summed E-state index contributed by atoms with van der Waals surface area (Å²) in [5.41, 5.74) is 7.79. The van der Waals surface area contributed by atoms with E-state index in [1.54, 1.807) is 24.3 Å². The lowest BCUT2D eigenvalue weighted by Gasteiger charge is -2.30. The molecule has 3 N–H and O–H groups in total. The molecule has 1 aliphatic rings. The summed E-state index contributed by atoms with van der Waals surface area (Å²) in [5, 5.41) is 2.76.